The number of benzene rings is 3. The molecule has 3 aromatic rings. The van der Waals surface area contributed by atoms with Crippen LogP contribution in [0, 0.1) is 5.82 Å². The first-order chi connectivity index (χ1) is 9.99. The van der Waals surface area contributed by atoms with Crippen molar-refractivity contribution in [3.8, 4) is 22.6 Å². The smallest absolute Gasteiger partial charge is 0.134 e. The van der Waals surface area contributed by atoms with Gasteiger partial charge < -0.3 is 10.2 Å². The Hall–Kier alpha value is -1.97. The Labute approximate surface area is 130 Å². The molecule has 0 saturated heterocycles. The Morgan fingerprint density at radius 1 is 0.857 bits per heavy atom. The molecule has 3 rings (SSSR count). The maximum Gasteiger partial charge on any atom is 0.134 e. The maximum absolute atomic E-state index is 14.3. The molecule has 5 heteroatoms. The fraction of sp³-hybridized carbons (Fsp3) is 0. The summed E-state index contributed by atoms with van der Waals surface area (Å²) in [6, 6.07) is 10.4. The Morgan fingerprint density at radius 2 is 1.52 bits per heavy atom. The van der Waals surface area contributed by atoms with E-state index in [0.717, 1.165) is 0 Å². The normalized spacial score (nSPS) is 11.0. The van der Waals surface area contributed by atoms with Gasteiger partial charge in [0.1, 0.15) is 17.3 Å². The molecule has 0 aliphatic heterocycles. The molecule has 0 bridgehead atoms. The van der Waals surface area contributed by atoms with Crippen LogP contribution in [0.5, 0.6) is 11.5 Å². The number of aromatic hydroxyl groups is 2. The van der Waals surface area contributed by atoms with Crippen LogP contribution < -0.4 is 0 Å². The summed E-state index contributed by atoms with van der Waals surface area (Å²) in [6.07, 6.45) is 0. The molecule has 21 heavy (non-hydrogen) atoms. The monoisotopic (exact) mass is 322 g/mol. The molecular weight excluding hydrogens is 314 g/mol. The van der Waals surface area contributed by atoms with Gasteiger partial charge in [0.25, 0.3) is 0 Å². The molecule has 106 valence electrons. The standard InChI is InChI=1S/C16H9Cl2FO2/c17-15-10-5-6-13(21)16(18)14(10)12(19)7-11(15)8-1-3-9(20)4-2-8/h1-7,20-21H. The van der Waals surface area contributed by atoms with Gasteiger partial charge in [-0.25, -0.2) is 4.39 Å². The Balaban J connectivity index is 2.34. The lowest BCUT2D eigenvalue weighted by Gasteiger charge is -2.11. The van der Waals surface area contributed by atoms with E-state index in [1.807, 2.05) is 0 Å². The molecule has 0 saturated carbocycles. The van der Waals surface area contributed by atoms with E-state index in [1.165, 1.54) is 30.3 Å². The zero-order chi connectivity index (χ0) is 15.1. The second-order valence-electron chi connectivity index (χ2n) is 4.59. The predicted molar refractivity (Wildman–Crippen MR) is 82.7 cm³/mol. The van der Waals surface area contributed by atoms with Crippen molar-refractivity contribution in [2.45, 2.75) is 0 Å². The number of phenolic OH excluding ortho intramolecular Hbond substituents is 2. The first-order valence-electron chi connectivity index (χ1n) is 6.07. The Morgan fingerprint density at radius 3 is 2.19 bits per heavy atom. The molecular formula is C16H9Cl2FO2. The van der Waals surface area contributed by atoms with Gasteiger partial charge in [0, 0.05) is 16.3 Å². The Bertz CT molecular complexity index is 845. The third-order valence-electron chi connectivity index (χ3n) is 3.28. The van der Waals surface area contributed by atoms with Gasteiger partial charge in [0.05, 0.1) is 10.0 Å². The second-order valence-corrected chi connectivity index (χ2v) is 5.34. The number of phenols is 2. The third kappa shape index (κ3) is 2.28. The van der Waals surface area contributed by atoms with E-state index < -0.39 is 5.82 Å². The minimum absolute atomic E-state index is 0.0656. The molecule has 0 aromatic heterocycles. The van der Waals surface area contributed by atoms with E-state index in [2.05, 4.69) is 0 Å². The van der Waals surface area contributed by atoms with Gasteiger partial charge in [-0.05, 0) is 35.9 Å². The van der Waals surface area contributed by atoms with Crippen LogP contribution in [-0.4, -0.2) is 10.2 Å². The Kier molecular flexibility index (Phi) is 3.40. The van der Waals surface area contributed by atoms with Crippen molar-refractivity contribution in [1.29, 1.82) is 0 Å². The molecule has 2 nitrogen and oxygen atoms in total. The summed E-state index contributed by atoms with van der Waals surface area (Å²) in [5.74, 6) is -0.654. The number of rotatable bonds is 1. The van der Waals surface area contributed by atoms with Gasteiger partial charge >= 0.3 is 0 Å². The van der Waals surface area contributed by atoms with Gasteiger partial charge in [0.2, 0.25) is 0 Å². The van der Waals surface area contributed by atoms with Crippen LogP contribution in [0.1, 0.15) is 0 Å². The third-order valence-corrected chi connectivity index (χ3v) is 4.07. The molecule has 0 heterocycles. The molecule has 0 aliphatic carbocycles. The van der Waals surface area contributed by atoms with E-state index in [9.17, 15) is 14.6 Å². The van der Waals surface area contributed by atoms with Gasteiger partial charge in [-0.3, -0.25) is 0 Å². The highest BCUT2D eigenvalue weighted by Crippen LogP contribution is 2.41. The summed E-state index contributed by atoms with van der Waals surface area (Å²) < 4.78 is 14.3. The van der Waals surface area contributed by atoms with Gasteiger partial charge in [-0.15, -0.1) is 0 Å². The van der Waals surface area contributed by atoms with Crippen LogP contribution in [0.25, 0.3) is 21.9 Å². The van der Waals surface area contributed by atoms with Crippen molar-refractivity contribution in [1.82, 2.24) is 0 Å². The molecule has 0 fully saturated rings. The molecule has 0 unspecified atom stereocenters. The highest BCUT2D eigenvalue weighted by molar-refractivity contribution is 6.42. The summed E-state index contributed by atoms with van der Waals surface area (Å²) in [4.78, 5) is 0. The van der Waals surface area contributed by atoms with Gasteiger partial charge in [-0.2, -0.15) is 0 Å². The predicted octanol–water partition coefficient (Wildman–Crippen LogP) is 5.36. The average Bonchev–Trinajstić information content (AvgIpc) is 2.47. The van der Waals surface area contributed by atoms with Gasteiger partial charge in [0.15, 0.2) is 0 Å². The fourth-order valence-electron chi connectivity index (χ4n) is 2.24. The lowest BCUT2D eigenvalue weighted by atomic mass is 10.00. The number of halogens is 3. The van der Waals surface area contributed by atoms with E-state index in [4.69, 9.17) is 23.2 Å². The topological polar surface area (TPSA) is 40.5 Å². The molecule has 0 radical (unpaired) electrons. The summed E-state index contributed by atoms with van der Waals surface area (Å²) in [5.41, 5.74) is 1.16. The van der Waals surface area contributed by atoms with Crippen LogP contribution in [0.2, 0.25) is 10.0 Å². The van der Waals surface area contributed by atoms with E-state index >= 15 is 0 Å². The second kappa shape index (κ2) is 5.10. The summed E-state index contributed by atoms with van der Waals surface area (Å²) in [6.45, 7) is 0. The molecule has 0 amide bonds. The summed E-state index contributed by atoms with van der Waals surface area (Å²) in [7, 11) is 0. The number of hydrogen-bond acceptors (Lipinski definition) is 2. The number of fused-ring (bicyclic) bond motifs is 1. The van der Waals surface area contributed by atoms with Crippen molar-refractivity contribution in [2.75, 3.05) is 0 Å². The highest BCUT2D eigenvalue weighted by atomic mass is 35.5. The number of hydrogen-bond donors (Lipinski definition) is 2. The first-order valence-corrected chi connectivity index (χ1v) is 6.83. The van der Waals surface area contributed by atoms with Crippen LogP contribution in [0.3, 0.4) is 0 Å². The fourth-order valence-corrected chi connectivity index (χ4v) is 2.82. The largest absolute Gasteiger partial charge is 0.508 e. The van der Waals surface area contributed by atoms with Crippen molar-refractivity contribution >= 4 is 34.0 Å². The molecule has 2 N–H and O–H groups in total. The molecule has 3 aromatic carbocycles. The highest BCUT2D eigenvalue weighted by Gasteiger charge is 2.16. The molecule has 0 spiro atoms. The first kappa shape index (κ1) is 14.0. The van der Waals surface area contributed by atoms with Crippen LogP contribution in [0.4, 0.5) is 4.39 Å². The zero-order valence-electron chi connectivity index (χ0n) is 10.6. The van der Waals surface area contributed by atoms with Crippen LogP contribution in [-0.2, 0) is 0 Å². The molecule has 0 aliphatic rings. The van der Waals surface area contributed by atoms with E-state index in [0.29, 0.717) is 21.5 Å². The summed E-state index contributed by atoms with van der Waals surface area (Å²) >= 11 is 12.3. The SMILES string of the molecule is Oc1ccc(-c2cc(F)c3c(Cl)c(O)ccc3c2Cl)cc1. The van der Waals surface area contributed by atoms with Crippen molar-refractivity contribution in [3.05, 3.63) is 58.3 Å². The van der Waals surface area contributed by atoms with Crippen LogP contribution >= 0.6 is 23.2 Å². The zero-order valence-corrected chi connectivity index (χ0v) is 12.1. The summed E-state index contributed by atoms with van der Waals surface area (Å²) in [5, 5.41) is 19.7. The van der Waals surface area contributed by atoms with E-state index in [-0.39, 0.29) is 21.9 Å². The lowest BCUT2D eigenvalue weighted by Crippen LogP contribution is -1.88. The minimum atomic E-state index is -0.571. The van der Waals surface area contributed by atoms with Crippen molar-refractivity contribution in [2.24, 2.45) is 0 Å². The minimum Gasteiger partial charge on any atom is -0.508 e. The van der Waals surface area contributed by atoms with Crippen molar-refractivity contribution in [3.63, 3.8) is 0 Å². The maximum atomic E-state index is 14.3. The van der Waals surface area contributed by atoms with E-state index in [1.54, 1.807) is 12.1 Å². The average molecular weight is 323 g/mol. The lowest BCUT2D eigenvalue weighted by molar-refractivity contribution is 0.475. The quantitative estimate of drug-likeness (QED) is 0.632. The van der Waals surface area contributed by atoms with Crippen molar-refractivity contribution < 1.29 is 14.6 Å². The molecule has 0 atom stereocenters. The van der Waals surface area contributed by atoms with Gasteiger partial charge in [-0.1, -0.05) is 35.3 Å². The van der Waals surface area contributed by atoms with Crippen LogP contribution in [0.15, 0.2) is 42.5 Å².